The number of carboxylic acids is 1. The molecule has 0 aliphatic heterocycles. The van der Waals surface area contributed by atoms with Crippen LogP contribution >= 0.6 is 11.6 Å². The number of aromatic amines is 1. The van der Waals surface area contributed by atoms with Crippen LogP contribution in [0.4, 0.5) is 0 Å². The van der Waals surface area contributed by atoms with Crippen molar-refractivity contribution in [3.63, 3.8) is 0 Å². The second kappa shape index (κ2) is 4.39. The lowest BCUT2D eigenvalue weighted by atomic mass is 10.1. The number of nitrogens with zero attached hydrogens (tertiary/aromatic N) is 1. The van der Waals surface area contributed by atoms with Crippen molar-refractivity contribution < 1.29 is 9.90 Å². The maximum Gasteiger partial charge on any atom is 0.360 e. The molecule has 0 aliphatic carbocycles. The molecule has 0 fully saturated rings. The fourth-order valence-corrected chi connectivity index (χ4v) is 1.46. The fraction of sp³-hybridized carbons (Fsp3) is 0. The molecule has 86 valence electrons. The standard InChI is InChI=1S/C11H7ClN2O3/c12-7-3-1-6(2-4-7)8-5-9(15)10(11(16)17)14-13-8/h1-5H,(H,13,15)(H,16,17). The van der Waals surface area contributed by atoms with E-state index >= 15 is 0 Å². The van der Waals surface area contributed by atoms with Crippen molar-refractivity contribution in [2.24, 2.45) is 0 Å². The van der Waals surface area contributed by atoms with Gasteiger partial charge in [0.05, 0.1) is 5.69 Å². The van der Waals surface area contributed by atoms with Gasteiger partial charge in [-0.3, -0.25) is 9.89 Å². The number of nitrogens with one attached hydrogen (secondary N) is 1. The van der Waals surface area contributed by atoms with Crippen LogP contribution in [-0.2, 0) is 0 Å². The minimum absolute atomic E-state index is 0.441. The highest BCUT2D eigenvalue weighted by Gasteiger charge is 2.11. The number of hydrogen-bond acceptors (Lipinski definition) is 3. The SMILES string of the molecule is O=C(O)c1n[nH]c(-c2ccc(Cl)cc2)cc1=O. The molecule has 0 aliphatic rings. The van der Waals surface area contributed by atoms with Gasteiger partial charge in [0.2, 0.25) is 11.1 Å². The van der Waals surface area contributed by atoms with Crippen LogP contribution in [0.5, 0.6) is 0 Å². The fourth-order valence-electron chi connectivity index (χ4n) is 1.33. The Labute approximate surface area is 101 Å². The van der Waals surface area contributed by atoms with E-state index in [9.17, 15) is 9.59 Å². The zero-order chi connectivity index (χ0) is 12.4. The zero-order valence-electron chi connectivity index (χ0n) is 8.48. The predicted octanol–water partition coefficient (Wildman–Crippen LogP) is 1.79. The van der Waals surface area contributed by atoms with E-state index in [1.807, 2.05) is 0 Å². The number of aromatic nitrogens is 2. The third-order valence-corrected chi connectivity index (χ3v) is 2.41. The number of aromatic carboxylic acids is 1. The van der Waals surface area contributed by atoms with E-state index in [4.69, 9.17) is 16.7 Å². The van der Waals surface area contributed by atoms with Gasteiger partial charge in [-0.15, -0.1) is 0 Å². The summed E-state index contributed by atoms with van der Waals surface area (Å²) >= 11 is 5.73. The highest BCUT2D eigenvalue weighted by atomic mass is 35.5. The molecule has 2 rings (SSSR count). The molecule has 5 nitrogen and oxygen atoms in total. The molecule has 17 heavy (non-hydrogen) atoms. The molecule has 2 aromatic rings. The lowest BCUT2D eigenvalue weighted by molar-refractivity contribution is 0.0687. The van der Waals surface area contributed by atoms with Gasteiger partial charge in [-0.2, -0.15) is 5.10 Å². The summed E-state index contributed by atoms with van der Waals surface area (Å²) in [6.45, 7) is 0. The van der Waals surface area contributed by atoms with E-state index in [1.165, 1.54) is 6.07 Å². The van der Waals surface area contributed by atoms with Crippen molar-refractivity contribution in [2.45, 2.75) is 0 Å². The Bertz CT molecular complexity index is 619. The summed E-state index contributed by atoms with van der Waals surface area (Å²) in [6.07, 6.45) is 0. The molecule has 1 aromatic heterocycles. The molecule has 1 aromatic carbocycles. The van der Waals surface area contributed by atoms with Gasteiger partial charge in [0, 0.05) is 11.1 Å². The zero-order valence-corrected chi connectivity index (χ0v) is 9.23. The number of hydrogen-bond donors (Lipinski definition) is 2. The number of benzene rings is 1. The Morgan fingerprint density at radius 3 is 2.47 bits per heavy atom. The topological polar surface area (TPSA) is 83.0 Å². The Kier molecular flexibility index (Phi) is 2.93. The largest absolute Gasteiger partial charge is 0.476 e. The molecule has 0 amide bonds. The molecule has 2 N–H and O–H groups in total. The van der Waals surface area contributed by atoms with Gasteiger partial charge in [-0.05, 0) is 17.7 Å². The first-order valence-electron chi connectivity index (χ1n) is 4.67. The summed E-state index contributed by atoms with van der Waals surface area (Å²) in [5.74, 6) is -1.35. The minimum atomic E-state index is -1.35. The van der Waals surface area contributed by atoms with Crippen molar-refractivity contribution in [3.8, 4) is 11.3 Å². The van der Waals surface area contributed by atoms with Crippen LogP contribution in [0.2, 0.25) is 5.02 Å². The summed E-state index contributed by atoms with van der Waals surface area (Å²) in [5, 5.41) is 15.3. The van der Waals surface area contributed by atoms with E-state index in [-0.39, 0.29) is 0 Å². The van der Waals surface area contributed by atoms with Gasteiger partial charge in [0.1, 0.15) is 0 Å². The monoisotopic (exact) mass is 250 g/mol. The molecule has 0 saturated carbocycles. The number of halogens is 1. The van der Waals surface area contributed by atoms with Gasteiger partial charge >= 0.3 is 5.97 Å². The van der Waals surface area contributed by atoms with Crippen LogP contribution in [0.25, 0.3) is 11.3 Å². The van der Waals surface area contributed by atoms with Crippen molar-refractivity contribution in [3.05, 3.63) is 51.3 Å². The second-order valence-electron chi connectivity index (χ2n) is 3.31. The van der Waals surface area contributed by atoms with E-state index < -0.39 is 17.1 Å². The van der Waals surface area contributed by atoms with Crippen molar-refractivity contribution >= 4 is 17.6 Å². The number of carbonyl (C=O) groups is 1. The normalized spacial score (nSPS) is 10.2. The van der Waals surface area contributed by atoms with Crippen molar-refractivity contribution in [1.29, 1.82) is 0 Å². The Morgan fingerprint density at radius 1 is 1.29 bits per heavy atom. The van der Waals surface area contributed by atoms with E-state index in [2.05, 4.69) is 10.2 Å². The summed E-state index contributed by atoms with van der Waals surface area (Å²) in [6, 6.07) is 7.94. The van der Waals surface area contributed by atoms with Crippen LogP contribution in [0.15, 0.2) is 35.1 Å². The molecule has 1 heterocycles. The lowest BCUT2D eigenvalue weighted by Gasteiger charge is -2.01. The third-order valence-electron chi connectivity index (χ3n) is 2.15. The molecule has 0 unspecified atom stereocenters. The van der Waals surface area contributed by atoms with Gasteiger partial charge in [0.15, 0.2) is 0 Å². The molecular formula is C11H7ClN2O3. The lowest BCUT2D eigenvalue weighted by Crippen LogP contribution is -2.17. The Balaban J connectivity index is 2.48. The Morgan fingerprint density at radius 2 is 1.94 bits per heavy atom. The number of H-pyrrole nitrogens is 1. The van der Waals surface area contributed by atoms with E-state index in [0.29, 0.717) is 16.3 Å². The molecule has 0 saturated heterocycles. The molecular weight excluding hydrogens is 244 g/mol. The third kappa shape index (κ3) is 2.34. The first kappa shape index (κ1) is 11.3. The minimum Gasteiger partial charge on any atom is -0.476 e. The average Bonchev–Trinajstić information content (AvgIpc) is 2.29. The van der Waals surface area contributed by atoms with Crippen LogP contribution in [0.3, 0.4) is 0 Å². The molecule has 0 atom stereocenters. The summed E-state index contributed by atoms with van der Waals surface area (Å²) < 4.78 is 0. The molecule has 6 heteroatoms. The van der Waals surface area contributed by atoms with E-state index in [0.717, 1.165) is 0 Å². The molecule has 0 radical (unpaired) electrons. The molecule has 0 bridgehead atoms. The first-order valence-corrected chi connectivity index (χ1v) is 5.04. The molecule has 0 spiro atoms. The maximum absolute atomic E-state index is 11.4. The summed E-state index contributed by atoms with van der Waals surface area (Å²) in [7, 11) is 0. The van der Waals surface area contributed by atoms with Gasteiger partial charge in [-0.25, -0.2) is 4.79 Å². The van der Waals surface area contributed by atoms with Crippen LogP contribution in [0.1, 0.15) is 10.5 Å². The number of rotatable bonds is 2. The second-order valence-corrected chi connectivity index (χ2v) is 3.74. The predicted molar refractivity (Wildman–Crippen MR) is 62.3 cm³/mol. The van der Waals surface area contributed by atoms with Crippen LogP contribution < -0.4 is 5.43 Å². The summed E-state index contributed by atoms with van der Waals surface area (Å²) in [4.78, 5) is 22.0. The highest BCUT2D eigenvalue weighted by molar-refractivity contribution is 6.30. The maximum atomic E-state index is 11.4. The quantitative estimate of drug-likeness (QED) is 0.851. The highest BCUT2D eigenvalue weighted by Crippen LogP contribution is 2.17. The van der Waals surface area contributed by atoms with Crippen molar-refractivity contribution in [1.82, 2.24) is 10.2 Å². The van der Waals surface area contributed by atoms with E-state index in [1.54, 1.807) is 24.3 Å². The number of carboxylic acid groups (broad SMARTS) is 1. The summed E-state index contributed by atoms with van der Waals surface area (Å²) in [5.41, 5.74) is -0.0171. The van der Waals surface area contributed by atoms with Gasteiger partial charge < -0.3 is 5.11 Å². The average molecular weight is 251 g/mol. The van der Waals surface area contributed by atoms with Crippen molar-refractivity contribution in [2.75, 3.05) is 0 Å². The van der Waals surface area contributed by atoms with Gasteiger partial charge in [-0.1, -0.05) is 23.7 Å². The van der Waals surface area contributed by atoms with Crippen LogP contribution in [0, 0.1) is 0 Å². The Hall–Kier alpha value is -2.14. The first-order chi connectivity index (χ1) is 8.08. The smallest absolute Gasteiger partial charge is 0.360 e. The van der Waals surface area contributed by atoms with Crippen LogP contribution in [-0.4, -0.2) is 21.3 Å². The van der Waals surface area contributed by atoms with Gasteiger partial charge in [0.25, 0.3) is 0 Å².